The molecule has 170 valence electrons. The van der Waals surface area contributed by atoms with E-state index in [0.29, 0.717) is 18.5 Å². The lowest BCUT2D eigenvalue weighted by atomic mass is 9.90. The SMILES string of the molecule is O=C(CSc1ccccc1-c1ccccc1)N1CCC(CCc2ccc3c(c2)OCO3)CC1. The summed E-state index contributed by atoms with van der Waals surface area (Å²) < 4.78 is 10.9. The van der Waals surface area contributed by atoms with Crippen LogP contribution >= 0.6 is 11.8 Å². The number of nitrogens with zero attached hydrogens (tertiary/aromatic N) is 1. The molecule has 2 aliphatic rings. The first-order valence-electron chi connectivity index (χ1n) is 11.7. The summed E-state index contributed by atoms with van der Waals surface area (Å²) in [6.07, 6.45) is 4.37. The Balaban J connectivity index is 1.09. The van der Waals surface area contributed by atoms with Crippen LogP contribution in [0.3, 0.4) is 0 Å². The highest BCUT2D eigenvalue weighted by molar-refractivity contribution is 8.00. The highest BCUT2D eigenvalue weighted by Crippen LogP contribution is 2.34. The van der Waals surface area contributed by atoms with Gasteiger partial charge in [-0.25, -0.2) is 0 Å². The number of hydrogen-bond acceptors (Lipinski definition) is 4. The first-order valence-corrected chi connectivity index (χ1v) is 12.7. The van der Waals surface area contributed by atoms with E-state index in [2.05, 4.69) is 59.5 Å². The van der Waals surface area contributed by atoms with Gasteiger partial charge in [-0.1, -0.05) is 54.6 Å². The number of fused-ring (bicyclic) bond motifs is 1. The van der Waals surface area contributed by atoms with E-state index in [1.54, 1.807) is 11.8 Å². The normalized spacial score (nSPS) is 15.6. The molecular formula is C28H29NO3S. The highest BCUT2D eigenvalue weighted by Gasteiger charge is 2.23. The molecule has 0 spiro atoms. The van der Waals surface area contributed by atoms with Crippen molar-refractivity contribution in [3.8, 4) is 22.6 Å². The fourth-order valence-electron chi connectivity index (χ4n) is 4.62. The average Bonchev–Trinajstić information content (AvgIpc) is 3.35. The van der Waals surface area contributed by atoms with Crippen LogP contribution in [0, 0.1) is 5.92 Å². The first kappa shape index (κ1) is 21.9. The van der Waals surface area contributed by atoms with Crippen LogP contribution in [0.5, 0.6) is 11.5 Å². The molecule has 0 atom stereocenters. The Morgan fingerprint density at radius 2 is 1.67 bits per heavy atom. The molecule has 0 bridgehead atoms. The maximum atomic E-state index is 12.9. The van der Waals surface area contributed by atoms with Crippen molar-refractivity contribution in [3.63, 3.8) is 0 Å². The molecule has 0 aliphatic carbocycles. The van der Waals surface area contributed by atoms with E-state index in [4.69, 9.17) is 9.47 Å². The minimum atomic E-state index is 0.247. The summed E-state index contributed by atoms with van der Waals surface area (Å²) in [4.78, 5) is 16.1. The average molecular weight is 460 g/mol. The molecule has 0 aromatic heterocycles. The zero-order valence-electron chi connectivity index (χ0n) is 18.7. The van der Waals surface area contributed by atoms with E-state index in [1.165, 1.54) is 16.7 Å². The van der Waals surface area contributed by atoms with Gasteiger partial charge in [-0.15, -0.1) is 11.8 Å². The fraction of sp³-hybridized carbons (Fsp3) is 0.321. The number of carbonyl (C=O) groups is 1. The van der Waals surface area contributed by atoms with E-state index in [9.17, 15) is 4.79 Å². The number of thioether (sulfide) groups is 1. The minimum Gasteiger partial charge on any atom is -0.454 e. The van der Waals surface area contributed by atoms with Gasteiger partial charge < -0.3 is 14.4 Å². The quantitative estimate of drug-likeness (QED) is 0.404. The first-order chi connectivity index (χ1) is 16.3. The van der Waals surface area contributed by atoms with Crippen LogP contribution in [0.1, 0.15) is 24.8 Å². The second-order valence-electron chi connectivity index (χ2n) is 8.70. The minimum absolute atomic E-state index is 0.247. The van der Waals surface area contributed by atoms with Gasteiger partial charge in [0.1, 0.15) is 0 Å². The summed E-state index contributed by atoms with van der Waals surface area (Å²) in [5.74, 6) is 3.11. The van der Waals surface area contributed by atoms with E-state index in [1.807, 2.05) is 18.2 Å². The van der Waals surface area contributed by atoms with Gasteiger partial charge in [0.05, 0.1) is 5.75 Å². The highest BCUT2D eigenvalue weighted by atomic mass is 32.2. The lowest BCUT2D eigenvalue weighted by Gasteiger charge is -2.32. The van der Waals surface area contributed by atoms with Crippen molar-refractivity contribution in [2.75, 3.05) is 25.6 Å². The van der Waals surface area contributed by atoms with Gasteiger partial charge in [0.2, 0.25) is 12.7 Å². The van der Waals surface area contributed by atoms with Crippen LogP contribution in [-0.2, 0) is 11.2 Å². The maximum Gasteiger partial charge on any atom is 0.232 e. The number of piperidine rings is 1. The molecule has 2 heterocycles. The molecule has 33 heavy (non-hydrogen) atoms. The lowest BCUT2D eigenvalue weighted by Crippen LogP contribution is -2.39. The standard InChI is InChI=1S/C28H29NO3S/c30-28(19-33-27-9-5-4-8-24(27)23-6-2-1-3-7-23)29-16-14-21(15-17-29)10-11-22-12-13-25-26(18-22)32-20-31-25/h1-9,12-13,18,21H,10-11,14-17,19-20H2. The zero-order chi connectivity index (χ0) is 22.5. The molecular weight excluding hydrogens is 430 g/mol. The number of carbonyl (C=O) groups excluding carboxylic acids is 1. The Hall–Kier alpha value is -2.92. The summed E-state index contributed by atoms with van der Waals surface area (Å²) in [5.41, 5.74) is 3.68. The van der Waals surface area contributed by atoms with Crippen LogP contribution in [0.4, 0.5) is 0 Å². The Labute approximate surface area is 199 Å². The van der Waals surface area contributed by atoms with E-state index in [-0.39, 0.29) is 5.91 Å². The summed E-state index contributed by atoms with van der Waals surface area (Å²) in [5, 5.41) is 0. The molecule has 1 amide bonds. The molecule has 4 nitrogen and oxygen atoms in total. The number of rotatable bonds is 7. The number of amides is 1. The fourth-order valence-corrected chi connectivity index (χ4v) is 5.60. The summed E-state index contributed by atoms with van der Waals surface area (Å²) in [6.45, 7) is 2.05. The predicted octanol–water partition coefficient (Wildman–Crippen LogP) is 6.05. The number of hydrogen-bond donors (Lipinski definition) is 0. The molecule has 2 aliphatic heterocycles. The summed E-state index contributed by atoms with van der Waals surface area (Å²) in [6, 6.07) is 25.0. The Morgan fingerprint density at radius 1 is 0.909 bits per heavy atom. The third-order valence-corrected chi connectivity index (χ3v) is 7.63. The van der Waals surface area contributed by atoms with Crippen molar-refractivity contribution in [2.45, 2.75) is 30.6 Å². The van der Waals surface area contributed by atoms with Gasteiger partial charge in [-0.2, -0.15) is 0 Å². The van der Waals surface area contributed by atoms with Gasteiger partial charge >= 0.3 is 0 Å². The molecule has 5 rings (SSSR count). The second-order valence-corrected chi connectivity index (χ2v) is 9.72. The van der Waals surface area contributed by atoms with Gasteiger partial charge in [0.15, 0.2) is 11.5 Å². The van der Waals surface area contributed by atoms with E-state index >= 15 is 0 Å². The monoisotopic (exact) mass is 459 g/mol. The molecule has 0 N–H and O–H groups in total. The van der Waals surface area contributed by atoms with Crippen LogP contribution in [-0.4, -0.2) is 36.4 Å². The van der Waals surface area contributed by atoms with Gasteiger partial charge in [0, 0.05) is 18.0 Å². The molecule has 1 saturated heterocycles. The molecule has 3 aromatic carbocycles. The van der Waals surface area contributed by atoms with Crippen molar-refractivity contribution in [1.29, 1.82) is 0 Å². The number of aryl methyl sites for hydroxylation is 1. The molecule has 1 fully saturated rings. The van der Waals surface area contributed by atoms with Crippen molar-refractivity contribution in [1.82, 2.24) is 4.90 Å². The van der Waals surface area contributed by atoms with Crippen LogP contribution in [0.15, 0.2) is 77.7 Å². The van der Waals surface area contributed by atoms with Gasteiger partial charge in [-0.3, -0.25) is 4.79 Å². The van der Waals surface area contributed by atoms with Crippen molar-refractivity contribution in [2.24, 2.45) is 5.92 Å². The topological polar surface area (TPSA) is 38.8 Å². The zero-order valence-corrected chi connectivity index (χ0v) is 19.6. The molecule has 0 saturated carbocycles. The molecule has 0 radical (unpaired) electrons. The Kier molecular flexibility index (Phi) is 6.87. The van der Waals surface area contributed by atoms with Gasteiger partial charge in [-0.05, 0) is 66.5 Å². The smallest absolute Gasteiger partial charge is 0.232 e. The van der Waals surface area contributed by atoms with Crippen molar-refractivity contribution < 1.29 is 14.3 Å². The van der Waals surface area contributed by atoms with Crippen molar-refractivity contribution >= 4 is 17.7 Å². The second kappa shape index (κ2) is 10.3. The molecule has 0 unspecified atom stereocenters. The van der Waals surface area contributed by atoms with Crippen LogP contribution in [0.25, 0.3) is 11.1 Å². The van der Waals surface area contributed by atoms with Crippen LogP contribution < -0.4 is 9.47 Å². The lowest BCUT2D eigenvalue weighted by molar-refractivity contribution is -0.129. The molecule has 3 aromatic rings. The summed E-state index contributed by atoms with van der Waals surface area (Å²) in [7, 11) is 0. The number of likely N-dealkylation sites (tertiary alicyclic amines) is 1. The van der Waals surface area contributed by atoms with Crippen molar-refractivity contribution in [3.05, 3.63) is 78.4 Å². The molecule has 5 heteroatoms. The summed E-state index contributed by atoms with van der Waals surface area (Å²) >= 11 is 1.65. The predicted molar refractivity (Wildman–Crippen MR) is 133 cm³/mol. The van der Waals surface area contributed by atoms with Gasteiger partial charge in [0.25, 0.3) is 0 Å². The third kappa shape index (κ3) is 5.36. The van der Waals surface area contributed by atoms with E-state index < -0.39 is 0 Å². The number of benzene rings is 3. The van der Waals surface area contributed by atoms with Crippen LogP contribution in [0.2, 0.25) is 0 Å². The largest absolute Gasteiger partial charge is 0.454 e. The maximum absolute atomic E-state index is 12.9. The van der Waals surface area contributed by atoms with E-state index in [0.717, 1.165) is 55.2 Å². The third-order valence-electron chi connectivity index (χ3n) is 6.57. The number of ether oxygens (including phenoxy) is 2. The Morgan fingerprint density at radius 3 is 2.52 bits per heavy atom. The Bertz CT molecular complexity index is 1090.